The van der Waals surface area contributed by atoms with Crippen molar-refractivity contribution in [2.75, 3.05) is 0 Å². The molecule has 0 atom stereocenters. The van der Waals surface area contributed by atoms with Crippen LogP contribution in [0, 0.1) is 24.0 Å². The Balaban J connectivity index is 2.36. The highest BCUT2D eigenvalue weighted by Crippen LogP contribution is 2.26. The zero-order valence-corrected chi connectivity index (χ0v) is 12.1. The van der Waals surface area contributed by atoms with Gasteiger partial charge in [0.15, 0.2) is 0 Å². The van der Waals surface area contributed by atoms with Gasteiger partial charge in [-0.25, -0.2) is 0 Å². The Kier molecular flexibility index (Phi) is 3.85. The van der Waals surface area contributed by atoms with Crippen LogP contribution in [0.4, 0.5) is 0 Å². The largest absolute Gasteiger partial charge is 0.456 e. The molecule has 2 rings (SSSR count). The predicted molar refractivity (Wildman–Crippen MR) is 77.5 cm³/mol. The molecule has 0 fully saturated rings. The molecular formula is C14H12BrNO3. The van der Waals surface area contributed by atoms with Gasteiger partial charge in [0.1, 0.15) is 11.5 Å². The summed E-state index contributed by atoms with van der Waals surface area (Å²) in [7, 11) is 0. The minimum Gasteiger partial charge on any atom is -0.456 e. The molecule has 0 bridgehead atoms. The molecule has 0 aliphatic heterocycles. The molecule has 0 N–H and O–H groups in total. The van der Waals surface area contributed by atoms with E-state index < -0.39 is 4.92 Å². The van der Waals surface area contributed by atoms with Crippen molar-refractivity contribution in [3.8, 4) is 11.3 Å². The number of nitro groups is 1. The second kappa shape index (κ2) is 5.40. The van der Waals surface area contributed by atoms with Crippen molar-refractivity contribution >= 4 is 22.0 Å². The normalized spacial score (nSPS) is 11.6. The monoisotopic (exact) mass is 321 g/mol. The molecule has 0 unspecified atom stereocenters. The summed E-state index contributed by atoms with van der Waals surface area (Å²) >= 11 is 2.87. The van der Waals surface area contributed by atoms with Gasteiger partial charge < -0.3 is 4.42 Å². The molecule has 0 radical (unpaired) electrons. The molecule has 0 saturated heterocycles. The highest BCUT2D eigenvalue weighted by molar-refractivity contribution is 9.11. The molecule has 19 heavy (non-hydrogen) atoms. The highest BCUT2D eigenvalue weighted by atomic mass is 79.9. The van der Waals surface area contributed by atoms with Crippen molar-refractivity contribution in [3.63, 3.8) is 0 Å². The average molecular weight is 322 g/mol. The third kappa shape index (κ3) is 3.32. The first-order chi connectivity index (χ1) is 8.95. The van der Waals surface area contributed by atoms with E-state index in [0.29, 0.717) is 11.5 Å². The van der Waals surface area contributed by atoms with Crippen molar-refractivity contribution in [2.24, 2.45) is 0 Å². The molecule has 2 aromatic rings. The average Bonchev–Trinajstić information content (AvgIpc) is 2.76. The number of furan rings is 1. The van der Waals surface area contributed by atoms with Gasteiger partial charge in [0, 0.05) is 21.5 Å². The molecule has 0 saturated carbocycles. The zero-order chi connectivity index (χ0) is 14.0. The van der Waals surface area contributed by atoms with Crippen molar-refractivity contribution in [1.29, 1.82) is 0 Å². The minimum absolute atomic E-state index is 0.131. The standard InChI is InChI=1S/C14H12BrNO3/c1-9-5-10(2)7-11(6-9)13-4-3-12(19-13)8-14(15)16(17)18/h3-8H,1-2H3/b14-8+. The molecule has 1 aromatic carbocycles. The minimum atomic E-state index is -0.515. The molecule has 1 heterocycles. The molecule has 0 aliphatic carbocycles. The van der Waals surface area contributed by atoms with Gasteiger partial charge >= 0.3 is 4.61 Å². The molecule has 5 heteroatoms. The summed E-state index contributed by atoms with van der Waals surface area (Å²) in [5.41, 5.74) is 3.26. The molecule has 0 amide bonds. The number of rotatable bonds is 3. The smallest absolute Gasteiger partial charge is 0.314 e. The van der Waals surface area contributed by atoms with Crippen LogP contribution in [0.5, 0.6) is 0 Å². The maximum atomic E-state index is 10.5. The number of aryl methyl sites for hydroxylation is 2. The van der Waals surface area contributed by atoms with Gasteiger partial charge in [0.2, 0.25) is 0 Å². The van der Waals surface area contributed by atoms with E-state index in [0.717, 1.165) is 16.7 Å². The Morgan fingerprint density at radius 3 is 2.47 bits per heavy atom. The van der Waals surface area contributed by atoms with Gasteiger partial charge in [0.05, 0.1) is 11.0 Å². The van der Waals surface area contributed by atoms with E-state index in [9.17, 15) is 10.1 Å². The fraction of sp³-hybridized carbons (Fsp3) is 0.143. The predicted octanol–water partition coefficient (Wildman–Crippen LogP) is 4.53. The van der Waals surface area contributed by atoms with Crippen LogP contribution in [-0.2, 0) is 0 Å². The Labute approximate surface area is 119 Å². The van der Waals surface area contributed by atoms with E-state index in [-0.39, 0.29) is 4.61 Å². The lowest BCUT2D eigenvalue weighted by atomic mass is 10.1. The zero-order valence-electron chi connectivity index (χ0n) is 10.5. The second-order valence-electron chi connectivity index (χ2n) is 4.30. The second-order valence-corrected chi connectivity index (χ2v) is 5.12. The van der Waals surface area contributed by atoms with Crippen LogP contribution in [0.3, 0.4) is 0 Å². The van der Waals surface area contributed by atoms with Crippen LogP contribution < -0.4 is 0 Å². The van der Waals surface area contributed by atoms with E-state index in [1.165, 1.54) is 6.08 Å². The summed E-state index contributed by atoms with van der Waals surface area (Å²) in [6.07, 6.45) is 1.34. The highest BCUT2D eigenvalue weighted by Gasteiger charge is 2.09. The lowest BCUT2D eigenvalue weighted by molar-refractivity contribution is -0.407. The molecule has 1 aromatic heterocycles. The maximum Gasteiger partial charge on any atom is 0.314 e. The lowest BCUT2D eigenvalue weighted by Crippen LogP contribution is -1.89. The van der Waals surface area contributed by atoms with Crippen molar-refractivity contribution in [1.82, 2.24) is 0 Å². The number of hydrogen-bond acceptors (Lipinski definition) is 3. The molecule has 0 aliphatic rings. The van der Waals surface area contributed by atoms with Crippen LogP contribution in [0.2, 0.25) is 0 Å². The quantitative estimate of drug-likeness (QED) is 0.474. The van der Waals surface area contributed by atoms with E-state index in [1.54, 1.807) is 12.1 Å². The van der Waals surface area contributed by atoms with Crippen LogP contribution in [0.1, 0.15) is 16.9 Å². The van der Waals surface area contributed by atoms with Crippen LogP contribution in [0.25, 0.3) is 17.4 Å². The SMILES string of the molecule is Cc1cc(C)cc(-c2ccc(/C=C(\Br)[N+](=O)[O-])o2)c1. The first-order valence-electron chi connectivity index (χ1n) is 5.66. The lowest BCUT2D eigenvalue weighted by Gasteiger charge is -2.01. The Morgan fingerprint density at radius 2 is 1.89 bits per heavy atom. The summed E-state index contributed by atoms with van der Waals surface area (Å²) in [6.45, 7) is 4.03. The van der Waals surface area contributed by atoms with E-state index in [1.807, 2.05) is 26.0 Å². The van der Waals surface area contributed by atoms with E-state index >= 15 is 0 Å². The van der Waals surface area contributed by atoms with Gasteiger partial charge in [-0.05, 0) is 38.1 Å². The van der Waals surface area contributed by atoms with E-state index in [4.69, 9.17) is 4.42 Å². The van der Waals surface area contributed by atoms with Crippen molar-refractivity contribution in [3.05, 3.63) is 61.9 Å². The van der Waals surface area contributed by atoms with Gasteiger partial charge in [-0.3, -0.25) is 10.1 Å². The number of benzene rings is 1. The number of halogens is 1. The maximum absolute atomic E-state index is 10.5. The van der Waals surface area contributed by atoms with Crippen LogP contribution >= 0.6 is 15.9 Å². The van der Waals surface area contributed by atoms with Gasteiger partial charge in [-0.2, -0.15) is 0 Å². The van der Waals surface area contributed by atoms with Gasteiger partial charge in [-0.1, -0.05) is 17.2 Å². The molecular weight excluding hydrogens is 310 g/mol. The molecule has 0 spiro atoms. The first kappa shape index (κ1) is 13.5. The Bertz CT molecular complexity index is 638. The Morgan fingerprint density at radius 1 is 1.26 bits per heavy atom. The topological polar surface area (TPSA) is 56.3 Å². The van der Waals surface area contributed by atoms with Gasteiger partial charge in [-0.15, -0.1) is 0 Å². The fourth-order valence-corrected chi connectivity index (χ4v) is 2.10. The summed E-state index contributed by atoms with van der Waals surface area (Å²) in [4.78, 5) is 10.0. The first-order valence-corrected chi connectivity index (χ1v) is 6.45. The van der Waals surface area contributed by atoms with Crippen LogP contribution in [0.15, 0.2) is 39.4 Å². The number of nitrogens with zero attached hydrogens (tertiary/aromatic N) is 1. The fourth-order valence-electron chi connectivity index (χ4n) is 1.87. The number of hydrogen-bond donors (Lipinski definition) is 0. The summed E-state index contributed by atoms with van der Waals surface area (Å²) in [6, 6.07) is 9.62. The summed E-state index contributed by atoms with van der Waals surface area (Å²) in [5.74, 6) is 1.14. The molecule has 98 valence electrons. The van der Waals surface area contributed by atoms with Crippen LogP contribution in [-0.4, -0.2) is 4.92 Å². The van der Waals surface area contributed by atoms with Gasteiger partial charge in [0.25, 0.3) is 0 Å². The van der Waals surface area contributed by atoms with Crippen molar-refractivity contribution in [2.45, 2.75) is 13.8 Å². The third-order valence-corrected chi connectivity index (χ3v) is 3.09. The Hall–Kier alpha value is -1.88. The molecule has 4 nitrogen and oxygen atoms in total. The third-order valence-electron chi connectivity index (χ3n) is 2.57. The summed E-state index contributed by atoms with van der Waals surface area (Å²) < 4.78 is 5.46. The summed E-state index contributed by atoms with van der Waals surface area (Å²) in [5, 5.41) is 10.5. The van der Waals surface area contributed by atoms with E-state index in [2.05, 4.69) is 22.0 Å². The van der Waals surface area contributed by atoms with Crippen molar-refractivity contribution < 1.29 is 9.34 Å².